The molecule has 6 N–H and O–H groups in total. The maximum atomic E-state index is 12.4. The Bertz CT molecular complexity index is 1230. The summed E-state index contributed by atoms with van der Waals surface area (Å²) >= 11 is 0. The summed E-state index contributed by atoms with van der Waals surface area (Å²) in [6, 6.07) is 10.6. The number of amides is 4. The van der Waals surface area contributed by atoms with Crippen LogP contribution < -0.4 is 30.5 Å². The summed E-state index contributed by atoms with van der Waals surface area (Å²) in [6.07, 6.45) is 4.40. The summed E-state index contributed by atoms with van der Waals surface area (Å²) < 4.78 is 58.6. The first-order chi connectivity index (χ1) is 17.9. The van der Waals surface area contributed by atoms with Gasteiger partial charge >= 0.3 is 32.3 Å². The van der Waals surface area contributed by atoms with Crippen molar-refractivity contribution in [3.63, 3.8) is 0 Å². The van der Waals surface area contributed by atoms with E-state index in [4.69, 9.17) is 13.2 Å². The van der Waals surface area contributed by atoms with Gasteiger partial charge in [-0.15, -0.1) is 0 Å². The summed E-state index contributed by atoms with van der Waals surface area (Å²) in [6.45, 7) is 3.96. The largest absolute Gasteiger partial charge is 0.382 e. The minimum atomic E-state index is -3.79. The van der Waals surface area contributed by atoms with E-state index in [0.29, 0.717) is 18.5 Å². The number of carbonyl (C=O) groups excluding carboxylic acids is 2. The quantitative estimate of drug-likeness (QED) is 0.191. The molecular weight excluding hydrogens is 536 g/mol. The Labute approximate surface area is 224 Å². The number of para-hydroxylation sites is 2. The number of nitrogens with one attached hydrogen (secondary N) is 2. The van der Waals surface area contributed by atoms with Gasteiger partial charge in [0.1, 0.15) is 5.75 Å². The van der Waals surface area contributed by atoms with Crippen molar-refractivity contribution in [2.24, 2.45) is 11.5 Å². The smallest absolute Gasteiger partial charge is 0.323 e. The lowest BCUT2D eigenvalue weighted by molar-refractivity contribution is 0.256. The van der Waals surface area contributed by atoms with Crippen molar-refractivity contribution < 1.29 is 34.8 Å². The predicted molar refractivity (Wildman–Crippen MR) is 147 cm³/mol. The summed E-state index contributed by atoms with van der Waals surface area (Å²) in [5.41, 5.74) is 9.08. The first-order valence-electron chi connectivity index (χ1n) is 12.0. The van der Waals surface area contributed by atoms with Gasteiger partial charge < -0.3 is 30.5 Å². The molecule has 0 fully saturated rings. The number of primary amides is 2. The molecule has 0 spiro atoms. The van der Waals surface area contributed by atoms with Gasteiger partial charge in [-0.2, -0.15) is 16.8 Å². The Morgan fingerprint density at radius 3 is 1.76 bits per heavy atom. The van der Waals surface area contributed by atoms with Crippen LogP contribution in [0.4, 0.5) is 21.0 Å². The van der Waals surface area contributed by atoms with Gasteiger partial charge in [0.2, 0.25) is 0 Å². The van der Waals surface area contributed by atoms with E-state index in [1.54, 1.807) is 12.1 Å². The van der Waals surface area contributed by atoms with Crippen molar-refractivity contribution in [2.45, 2.75) is 52.4 Å². The Hall–Kier alpha value is -3.52. The fourth-order valence-corrected chi connectivity index (χ4v) is 5.05. The third-order valence-corrected chi connectivity index (χ3v) is 7.14. The van der Waals surface area contributed by atoms with Gasteiger partial charge in [-0.05, 0) is 49.2 Å². The molecule has 38 heavy (non-hydrogen) atoms. The van der Waals surface area contributed by atoms with Crippen LogP contribution in [0.2, 0.25) is 0 Å². The van der Waals surface area contributed by atoms with Gasteiger partial charge in [0.05, 0.1) is 17.2 Å². The van der Waals surface area contributed by atoms with Gasteiger partial charge in [0, 0.05) is 5.69 Å². The van der Waals surface area contributed by atoms with Crippen molar-refractivity contribution in [1.82, 2.24) is 0 Å². The molecule has 0 atom stereocenters. The number of unbranched alkanes of at least 4 members (excludes halogenated alkanes) is 4. The van der Waals surface area contributed by atoms with E-state index >= 15 is 0 Å². The van der Waals surface area contributed by atoms with Crippen LogP contribution in [0, 0.1) is 0 Å². The predicted octanol–water partition coefficient (Wildman–Crippen LogP) is 4.15. The van der Waals surface area contributed by atoms with Crippen molar-refractivity contribution in [2.75, 3.05) is 22.1 Å². The highest BCUT2D eigenvalue weighted by Gasteiger charge is 2.17. The maximum absolute atomic E-state index is 12.4. The second kappa shape index (κ2) is 16.3. The number of benzene rings is 2. The standard InChI is InChI=1S/C23H32N2O7S2.CH4N2O/c1-3-5-9-17-33(27,28)31-20-15-13-19(14-16-20)24-23(26)25-21-11-7-8-12-22(21)32-34(29,30)18-10-6-4-2;2-1(3)4/h7-8,11-16H,3-6,9-10,17-18H2,1-2H3,(H2,24,25,26);(H4,2,3,4). The lowest BCUT2D eigenvalue weighted by Crippen LogP contribution is -2.21. The molecule has 2 aromatic carbocycles. The van der Waals surface area contributed by atoms with E-state index in [0.717, 1.165) is 25.7 Å². The molecule has 0 aliphatic rings. The van der Waals surface area contributed by atoms with Gasteiger partial charge in [0.15, 0.2) is 5.75 Å². The number of hydrogen-bond acceptors (Lipinski definition) is 8. The number of nitrogens with two attached hydrogens (primary N) is 2. The highest BCUT2D eigenvalue weighted by Crippen LogP contribution is 2.26. The summed E-state index contributed by atoms with van der Waals surface area (Å²) in [5, 5.41) is 5.16. The normalized spacial score (nSPS) is 11.0. The van der Waals surface area contributed by atoms with Crippen molar-refractivity contribution in [3.05, 3.63) is 48.5 Å². The van der Waals surface area contributed by atoms with Gasteiger partial charge in [-0.1, -0.05) is 51.7 Å². The molecule has 12 nitrogen and oxygen atoms in total. The average molecular weight is 573 g/mol. The fourth-order valence-electron chi connectivity index (χ4n) is 2.95. The lowest BCUT2D eigenvalue weighted by atomic mass is 10.3. The molecule has 0 aromatic heterocycles. The summed E-state index contributed by atoms with van der Waals surface area (Å²) in [5.74, 6) is 0.00375. The fraction of sp³-hybridized carbons (Fsp3) is 0.417. The number of urea groups is 2. The Kier molecular flexibility index (Phi) is 14.0. The van der Waals surface area contributed by atoms with E-state index in [1.165, 1.54) is 36.4 Å². The van der Waals surface area contributed by atoms with Crippen LogP contribution in [0.5, 0.6) is 11.5 Å². The van der Waals surface area contributed by atoms with Crippen molar-refractivity contribution >= 4 is 43.7 Å². The summed E-state index contributed by atoms with van der Waals surface area (Å²) in [4.78, 5) is 21.4. The molecule has 14 heteroatoms. The maximum Gasteiger partial charge on any atom is 0.323 e. The molecule has 0 bridgehead atoms. The monoisotopic (exact) mass is 572 g/mol. The van der Waals surface area contributed by atoms with Crippen LogP contribution in [0.25, 0.3) is 0 Å². The van der Waals surface area contributed by atoms with Crippen LogP contribution >= 0.6 is 0 Å². The second-order valence-corrected chi connectivity index (χ2v) is 11.5. The molecule has 0 unspecified atom stereocenters. The average Bonchev–Trinajstić information content (AvgIpc) is 2.81. The van der Waals surface area contributed by atoms with Crippen LogP contribution in [-0.2, 0) is 20.2 Å². The van der Waals surface area contributed by atoms with E-state index in [1.807, 2.05) is 13.8 Å². The molecule has 0 saturated heterocycles. The van der Waals surface area contributed by atoms with Crippen LogP contribution in [0.3, 0.4) is 0 Å². The zero-order valence-corrected chi connectivity index (χ0v) is 23.1. The molecule has 0 aliphatic carbocycles. The van der Waals surface area contributed by atoms with E-state index < -0.39 is 32.3 Å². The second-order valence-electron chi connectivity index (χ2n) is 8.11. The van der Waals surface area contributed by atoms with E-state index in [-0.39, 0.29) is 28.7 Å². The molecule has 0 saturated carbocycles. The van der Waals surface area contributed by atoms with Crippen molar-refractivity contribution in [3.8, 4) is 11.5 Å². The van der Waals surface area contributed by atoms with Crippen LogP contribution in [0.1, 0.15) is 52.4 Å². The molecule has 0 aliphatic heterocycles. The molecular formula is C24H36N4O8S2. The zero-order chi connectivity index (χ0) is 28.6. The van der Waals surface area contributed by atoms with Crippen LogP contribution in [0.15, 0.2) is 48.5 Å². The first kappa shape index (κ1) is 32.5. The lowest BCUT2D eigenvalue weighted by Gasteiger charge is -2.13. The van der Waals surface area contributed by atoms with E-state index in [9.17, 15) is 21.6 Å². The number of anilines is 2. The van der Waals surface area contributed by atoms with E-state index in [2.05, 4.69) is 22.1 Å². The molecule has 2 aromatic rings. The molecule has 212 valence electrons. The molecule has 0 radical (unpaired) electrons. The number of carbonyl (C=O) groups is 2. The van der Waals surface area contributed by atoms with Gasteiger partial charge in [-0.25, -0.2) is 9.59 Å². The zero-order valence-electron chi connectivity index (χ0n) is 21.5. The first-order valence-corrected chi connectivity index (χ1v) is 15.2. The van der Waals surface area contributed by atoms with Gasteiger partial charge in [-0.3, -0.25) is 0 Å². The number of hydrogen-bond donors (Lipinski definition) is 4. The highest BCUT2D eigenvalue weighted by molar-refractivity contribution is 7.87. The highest BCUT2D eigenvalue weighted by atomic mass is 32.2. The number of rotatable bonds is 14. The van der Waals surface area contributed by atoms with Crippen LogP contribution in [-0.4, -0.2) is 40.4 Å². The van der Waals surface area contributed by atoms with Gasteiger partial charge in [0.25, 0.3) is 0 Å². The topological polar surface area (TPSA) is 197 Å². The molecule has 2 rings (SSSR count). The SMILES string of the molecule is CCCCCS(=O)(=O)Oc1ccc(NC(=O)Nc2ccccc2OS(=O)(=O)CCCCC)cc1.NC(N)=O. The minimum Gasteiger partial charge on any atom is -0.382 e. The molecule has 4 amide bonds. The summed E-state index contributed by atoms with van der Waals surface area (Å²) in [7, 11) is -7.46. The Balaban J connectivity index is 0.00000168. The molecule has 0 heterocycles. The minimum absolute atomic E-state index is 0.0196. The third kappa shape index (κ3) is 14.3. The Morgan fingerprint density at radius 2 is 1.24 bits per heavy atom. The van der Waals surface area contributed by atoms with Crippen molar-refractivity contribution in [1.29, 1.82) is 0 Å². The third-order valence-electron chi connectivity index (χ3n) is 4.68. The Morgan fingerprint density at radius 1 is 0.737 bits per heavy atom.